The Kier molecular flexibility index (Phi) is 10.9. The molecular weight excluding hydrogens is 416 g/mol. The van der Waals surface area contributed by atoms with E-state index in [1.54, 1.807) is 0 Å². The Morgan fingerprint density at radius 3 is 1.76 bits per heavy atom. The summed E-state index contributed by atoms with van der Waals surface area (Å²) in [5.41, 5.74) is 7.51. The molecule has 2 aromatic rings. The molecule has 0 unspecified atom stereocenters. The molecule has 0 saturated carbocycles. The van der Waals surface area contributed by atoms with E-state index in [1.807, 2.05) is 104 Å². The summed E-state index contributed by atoms with van der Waals surface area (Å²) in [5.74, 6) is 1.56. The molecule has 6 heteroatoms. The van der Waals surface area contributed by atoms with Gasteiger partial charge in [0.25, 0.3) is 0 Å². The van der Waals surface area contributed by atoms with Crippen LogP contribution in [-0.2, 0) is 9.53 Å². The van der Waals surface area contributed by atoms with Crippen LogP contribution in [0, 0.1) is 0 Å². The van der Waals surface area contributed by atoms with Crippen LogP contribution in [0.2, 0.25) is 0 Å². The molecule has 2 aromatic carbocycles. The first-order chi connectivity index (χ1) is 15.2. The van der Waals surface area contributed by atoms with Crippen molar-refractivity contribution in [2.75, 3.05) is 13.7 Å². The molecular formula is C27H42N2O4. The third kappa shape index (κ3) is 12.3. The minimum absolute atomic E-state index is 0.0542. The van der Waals surface area contributed by atoms with Crippen molar-refractivity contribution in [1.29, 1.82) is 0 Å². The topological polar surface area (TPSA) is 82.8 Å². The molecule has 2 rings (SSSR count). The van der Waals surface area contributed by atoms with Crippen molar-refractivity contribution in [1.82, 2.24) is 5.32 Å². The number of methoxy groups -OCH3 is 1. The lowest BCUT2D eigenvalue weighted by molar-refractivity contribution is -0.125. The van der Waals surface area contributed by atoms with Gasteiger partial charge in [0, 0.05) is 13.2 Å². The Hall–Kier alpha value is -2.57. The highest BCUT2D eigenvalue weighted by Gasteiger charge is 2.14. The Labute approximate surface area is 199 Å². The monoisotopic (exact) mass is 458 g/mol. The summed E-state index contributed by atoms with van der Waals surface area (Å²) in [6.45, 7) is 16.1. The molecule has 33 heavy (non-hydrogen) atoms. The Morgan fingerprint density at radius 1 is 0.879 bits per heavy atom. The predicted octanol–water partition coefficient (Wildman–Crippen LogP) is 5.57. The maximum Gasteiger partial charge on any atom is 0.246 e. The van der Waals surface area contributed by atoms with Crippen LogP contribution in [0.25, 0.3) is 0 Å². The number of nitrogens with two attached hydrogens (primary N) is 1. The van der Waals surface area contributed by atoms with Gasteiger partial charge in [-0.15, -0.1) is 0 Å². The average Bonchev–Trinajstić information content (AvgIpc) is 2.66. The SMILES string of the molecule is COCC(=O)N[C@H](C)c1cccc(OC(C)(C)C)c1.C[C@@H](N)c1cccc(OC(C)(C)C)c1. The quantitative estimate of drug-likeness (QED) is 0.567. The zero-order chi connectivity index (χ0) is 25.2. The lowest BCUT2D eigenvalue weighted by atomic mass is 10.1. The normalized spacial score (nSPS) is 13.3. The van der Waals surface area contributed by atoms with Crippen molar-refractivity contribution in [3.8, 4) is 11.5 Å². The maximum absolute atomic E-state index is 11.5. The van der Waals surface area contributed by atoms with E-state index < -0.39 is 0 Å². The number of hydrogen-bond acceptors (Lipinski definition) is 5. The number of ether oxygens (including phenoxy) is 3. The summed E-state index contributed by atoms with van der Waals surface area (Å²) in [6.07, 6.45) is 0. The predicted molar refractivity (Wildman–Crippen MR) is 135 cm³/mol. The number of hydrogen-bond donors (Lipinski definition) is 2. The molecule has 0 aliphatic rings. The fourth-order valence-electron chi connectivity index (χ4n) is 2.91. The average molecular weight is 459 g/mol. The van der Waals surface area contributed by atoms with Crippen LogP contribution in [0.15, 0.2) is 48.5 Å². The first kappa shape index (κ1) is 28.5. The van der Waals surface area contributed by atoms with Crippen LogP contribution in [-0.4, -0.2) is 30.8 Å². The van der Waals surface area contributed by atoms with Gasteiger partial charge in [-0.05, 0) is 90.8 Å². The van der Waals surface area contributed by atoms with Crippen molar-refractivity contribution in [3.63, 3.8) is 0 Å². The molecule has 0 heterocycles. The number of nitrogens with one attached hydrogen (secondary N) is 1. The van der Waals surface area contributed by atoms with Crippen LogP contribution >= 0.6 is 0 Å². The van der Waals surface area contributed by atoms with Gasteiger partial charge >= 0.3 is 0 Å². The molecule has 0 aromatic heterocycles. The van der Waals surface area contributed by atoms with Crippen LogP contribution in [0.5, 0.6) is 11.5 Å². The smallest absolute Gasteiger partial charge is 0.246 e. The second-order valence-corrected chi connectivity index (χ2v) is 10.1. The molecule has 3 N–H and O–H groups in total. The van der Waals surface area contributed by atoms with E-state index in [9.17, 15) is 4.79 Å². The van der Waals surface area contributed by atoms with Crippen molar-refractivity contribution < 1.29 is 19.0 Å². The second kappa shape index (κ2) is 12.6. The van der Waals surface area contributed by atoms with Crippen molar-refractivity contribution in [3.05, 3.63) is 59.7 Å². The molecule has 6 nitrogen and oxygen atoms in total. The molecule has 0 fully saturated rings. The van der Waals surface area contributed by atoms with Crippen LogP contribution < -0.4 is 20.5 Å². The van der Waals surface area contributed by atoms with Crippen LogP contribution in [0.1, 0.15) is 78.6 Å². The molecule has 0 saturated heterocycles. The molecule has 0 radical (unpaired) electrons. The van der Waals surface area contributed by atoms with Crippen molar-refractivity contribution in [2.45, 2.75) is 78.7 Å². The first-order valence-corrected chi connectivity index (χ1v) is 11.3. The van der Waals surface area contributed by atoms with Crippen molar-refractivity contribution in [2.24, 2.45) is 5.73 Å². The molecule has 0 aliphatic carbocycles. The van der Waals surface area contributed by atoms with Crippen LogP contribution in [0.3, 0.4) is 0 Å². The summed E-state index contributed by atoms with van der Waals surface area (Å²) in [7, 11) is 1.50. The molecule has 0 spiro atoms. The third-order valence-electron chi connectivity index (χ3n) is 4.24. The van der Waals surface area contributed by atoms with Gasteiger partial charge in [0.15, 0.2) is 0 Å². The van der Waals surface area contributed by atoms with E-state index in [0.29, 0.717) is 0 Å². The number of benzene rings is 2. The number of rotatable bonds is 7. The summed E-state index contributed by atoms with van der Waals surface area (Å²) >= 11 is 0. The highest BCUT2D eigenvalue weighted by Crippen LogP contribution is 2.23. The second-order valence-electron chi connectivity index (χ2n) is 10.1. The third-order valence-corrected chi connectivity index (χ3v) is 4.24. The van der Waals surface area contributed by atoms with Gasteiger partial charge < -0.3 is 25.3 Å². The van der Waals surface area contributed by atoms with Gasteiger partial charge in [0.05, 0.1) is 6.04 Å². The van der Waals surface area contributed by atoms with E-state index in [0.717, 1.165) is 22.6 Å². The van der Waals surface area contributed by atoms with E-state index in [4.69, 9.17) is 19.9 Å². The van der Waals surface area contributed by atoms with Crippen LogP contribution in [0.4, 0.5) is 0 Å². The van der Waals surface area contributed by atoms with E-state index in [2.05, 4.69) is 5.32 Å². The summed E-state index contributed by atoms with van der Waals surface area (Å²) in [6, 6.07) is 15.7. The fourth-order valence-corrected chi connectivity index (χ4v) is 2.91. The number of amides is 1. The zero-order valence-electron chi connectivity index (χ0n) is 21.7. The van der Waals surface area contributed by atoms with Gasteiger partial charge in [-0.3, -0.25) is 4.79 Å². The van der Waals surface area contributed by atoms with E-state index in [1.165, 1.54) is 7.11 Å². The molecule has 1 amide bonds. The lowest BCUT2D eigenvalue weighted by Crippen LogP contribution is -2.29. The molecule has 2 atom stereocenters. The summed E-state index contributed by atoms with van der Waals surface area (Å²) in [4.78, 5) is 11.5. The van der Waals surface area contributed by atoms with Gasteiger partial charge in [-0.2, -0.15) is 0 Å². The minimum Gasteiger partial charge on any atom is -0.488 e. The van der Waals surface area contributed by atoms with E-state index in [-0.39, 0.29) is 35.8 Å². The minimum atomic E-state index is -0.235. The number of carbonyl (C=O) groups excluding carboxylic acids is 1. The largest absolute Gasteiger partial charge is 0.488 e. The highest BCUT2D eigenvalue weighted by molar-refractivity contribution is 5.77. The maximum atomic E-state index is 11.5. The molecule has 0 bridgehead atoms. The zero-order valence-corrected chi connectivity index (χ0v) is 21.7. The summed E-state index contributed by atoms with van der Waals surface area (Å²) in [5, 5.41) is 2.87. The van der Waals surface area contributed by atoms with Crippen molar-refractivity contribution >= 4 is 5.91 Å². The Bertz CT molecular complexity index is 867. The molecule has 184 valence electrons. The highest BCUT2D eigenvalue weighted by atomic mass is 16.5. The van der Waals surface area contributed by atoms with Gasteiger partial charge in [-0.1, -0.05) is 24.3 Å². The van der Waals surface area contributed by atoms with E-state index >= 15 is 0 Å². The summed E-state index contributed by atoms with van der Waals surface area (Å²) < 4.78 is 16.3. The van der Waals surface area contributed by atoms with Gasteiger partial charge in [-0.25, -0.2) is 0 Å². The van der Waals surface area contributed by atoms with Gasteiger partial charge in [0.1, 0.15) is 29.3 Å². The Morgan fingerprint density at radius 2 is 1.33 bits per heavy atom. The molecule has 0 aliphatic heterocycles. The lowest BCUT2D eigenvalue weighted by Gasteiger charge is -2.22. The standard InChI is InChI=1S/C15H23NO3.C12H19NO/c1-11(16-14(17)10-18-5)12-7-6-8-13(9-12)19-15(2,3)4;1-9(13)10-6-5-7-11(8-10)14-12(2,3)4/h6-9,11H,10H2,1-5H3,(H,16,17);5-9H,13H2,1-4H3/t11-;9-/m11/s1. The number of carbonyl (C=O) groups is 1. The Balaban J connectivity index is 0.000000346. The first-order valence-electron chi connectivity index (χ1n) is 11.3. The fraction of sp³-hybridized carbons (Fsp3) is 0.519. The van der Waals surface area contributed by atoms with Gasteiger partial charge in [0.2, 0.25) is 5.91 Å².